The predicted octanol–water partition coefficient (Wildman–Crippen LogP) is 2.72. The molecule has 2 amide bonds. The number of benzene rings is 1. The highest BCUT2D eigenvalue weighted by molar-refractivity contribution is 6.34. The molecule has 0 aromatic heterocycles. The third-order valence-electron chi connectivity index (χ3n) is 4.24. The lowest BCUT2D eigenvalue weighted by Gasteiger charge is -2.12. The van der Waals surface area contributed by atoms with E-state index in [0.29, 0.717) is 22.7 Å². The molecule has 2 unspecified atom stereocenters. The van der Waals surface area contributed by atoms with Gasteiger partial charge in [-0.05, 0) is 50.3 Å². The van der Waals surface area contributed by atoms with Gasteiger partial charge in [0.1, 0.15) is 0 Å². The SMILES string of the molecule is Cl.NC1CCC(C(=O)Nc2ccc(Cl)c(C(=O)NC3CC3)c2)C1. The maximum atomic E-state index is 12.2. The molecule has 2 aliphatic carbocycles. The molecule has 5 nitrogen and oxygen atoms in total. The van der Waals surface area contributed by atoms with E-state index in [1.54, 1.807) is 18.2 Å². The van der Waals surface area contributed by atoms with Gasteiger partial charge < -0.3 is 16.4 Å². The minimum atomic E-state index is -0.188. The first-order valence-electron chi connectivity index (χ1n) is 7.70. The zero-order chi connectivity index (χ0) is 15.7. The number of halogens is 2. The maximum Gasteiger partial charge on any atom is 0.253 e. The molecule has 1 aromatic carbocycles. The lowest BCUT2D eigenvalue weighted by Crippen LogP contribution is -2.26. The summed E-state index contributed by atoms with van der Waals surface area (Å²) in [5.74, 6) is -0.273. The van der Waals surface area contributed by atoms with Crippen LogP contribution in [0, 0.1) is 5.92 Å². The van der Waals surface area contributed by atoms with Crippen LogP contribution in [-0.2, 0) is 4.79 Å². The Hall–Kier alpha value is -1.30. The van der Waals surface area contributed by atoms with E-state index in [4.69, 9.17) is 17.3 Å². The Labute approximate surface area is 146 Å². The van der Waals surface area contributed by atoms with Gasteiger partial charge >= 0.3 is 0 Å². The molecule has 23 heavy (non-hydrogen) atoms. The summed E-state index contributed by atoms with van der Waals surface area (Å²) >= 11 is 6.09. The van der Waals surface area contributed by atoms with Crippen LogP contribution in [0.1, 0.15) is 42.5 Å². The van der Waals surface area contributed by atoms with E-state index < -0.39 is 0 Å². The Bertz CT molecular complexity index is 605. The van der Waals surface area contributed by atoms with Crippen LogP contribution < -0.4 is 16.4 Å². The number of carbonyl (C=O) groups is 2. The summed E-state index contributed by atoms with van der Waals surface area (Å²) in [5.41, 5.74) is 6.83. The van der Waals surface area contributed by atoms with E-state index >= 15 is 0 Å². The number of nitrogens with one attached hydrogen (secondary N) is 2. The molecule has 3 rings (SSSR count). The van der Waals surface area contributed by atoms with Crippen molar-refractivity contribution in [2.75, 3.05) is 5.32 Å². The number of carbonyl (C=O) groups excluding carboxylic acids is 2. The van der Waals surface area contributed by atoms with Gasteiger partial charge in [0.25, 0.3) is 5.91 Å². The number of hydrogen-bond donors (Lipinski definition) is 3. The van der Waals surface area contributed by atoms with Crippen LogP contribution in [0.2, 0.25) is 5.02 Å². The van der Waals surface area contributed by atoms with Crippen molar-refractivity contribution < 1.29 is 9.59 Å². The molecule has 7 heteroatoms. The molecule has 2 saturated carbocycles. The second kappa shape index (κ2) is 7.51. The van der Waals surface area contributed by atoms with Crippen molar-refractivity contribution in [1.82, 2.24) is 5.32 Å². The van der Waals surface area contributed by atoms with E-state index in [0.717, 1.165) is 25.7 Å². The Morgan fingerprint density at radius 2 is 1.91 bits per heavy atom. The predicted molar refractivity (Wildman–Crippen MR) is 93.1 cm³/mol. The standard InChI is InChI=1S/C16H20ClN3O2.ClH/c17-14-6-5-12(8-13(14)16(22)19-11-3-4-11)20-15(21)9-1-2-10(18)7-9;/h5-6,8-11H,1-4,7,18H2,(H,19,22)(H,20,21);1H. The highest BCUT2D eigenvalue weighted by Gasteiger charge is 2.28. The summed E-state index contributed by atoms with van der Waals surface area (Å²) in [6, 6.07) is 5.36. The average Bonchev–Trinajstić information content (AvgIpc) is 3.18. The summed E-state index contributed by atoms with van der Waals surface area (Å²) < 4.78 is 0. The van der Waals surface area contributed by atoms with Crippen LogP contribution in [0.15, 0.2) is 18.2 Å². The lowest BCUT2D eigenvalue weighted by molar-refractivity contribution is -0.119. The fourth-order valence-corrected chi connectivity index (χ4v) is 2.97. The monoisotopic (exact) mass is 357 g/mol. The molecule has 126 valence electrons. The summed E-state index contributed by atoms with van der Waals surface area (Å²) in [7, 11) is 0. The molecule has 2 aliphatic rings. The van der Waals surface area contributed by atoms with Crippen LogP contribution >= 0.6 is 24.0 Å². The van der Waals surface area contributed by atoms with Gasteiger partial charge in [0.15, 0.2) is 0 Å². The van der Waals surface area contributed by atoms with Crippen molar-refractivity contribution in [3.05, 3.63) is 28.8 Å². The summed E-state index contributed by atoms with van der Waals surface area (Å²) in [6.07, 6.45) is 4.45. The van der Waals surface area contributed by atoms with Crippen molar-refractivity contribution in [2.45, 2.75) is 44.2 Å². The fraction of sp³-hybridized carbons (Fsp3) is 0.500. The Morgan fingerprint density at radius 1 is 1.17 bits per heavy atom. The molecular weight excluding hydrogens is 337 g/mol. The molecule has 1 aromatic rings. The maximum absolute atomic E-state index is 12.2. The van der Waals surface area contributed by atoms with E-state index in [1.165, 1.54) is 0 Å². The van der Waals surface area contributed by atoms with Crippen molar-refractivity contribution >= 4 is 41.5 Å². The van der Waals surface area contributed by atoms with Gasteiger partial charge in [-0.2, -0.15) is 0 Å². The number of hydrogen-bond acceptors (Lipinski definition) is 3. The van der Waals surface area contributed by atoms with E-state index in [2.05, 4.69) is 10.6 Å². The second-order valence-electron chi connectivity index (χ2n) is 6.20. The van der Waals surface area contributed by atoms with Crippen molar-refractivity contribution in [3.63, 3.8) is 0 Å². The fourth-order valence-electron chi connectivity index (χ4n) is 2.77. The smallest absolute Gasteiger partial charge is 0.253 e. The Morgan fingerprint density at radius 3 is 2.52 bits per heavy atom. The summed E-state index contributed by atoms with van der Waals surface area (Å²) in [6.45, 7) is 0. The van der Waals surface area contributed by atoms with Gasteiger partial charge in [0, 0.05) is 23.7 Å². The second-order valence-corrected chi connectivity index (χ2v) is 6.61. The van der Waals surface area contributed by atoms with Gasteiger partial charge in [-0.15, -0.1) is 12.4 Å². The highest BCUT2D eigenvalue weighted by Crippen LogP contribution is 2.27. The lowest BCUT2D eigenvalue weighted by atomic mass is 10.1. The van der Waals surface area contributed by atoms with Gasteiger partial charge in [-0.25, -0.2) is 0 Å². The molecule has 0 bridgehead atoms. The molecule has 0 radical (unpaired) electrons. The molecule has 2 atom stereocenters. The number of rotatable bonds is 4. The third kappa shape index (κ3) is 4.59. The van der Waals surface area contributed by atoms with Crippen molar-refractivity contribution in [1.29, 1.82) is 0 Å². The normalized spacial score (nSPS) is 23.0. The van der Waals surface area contributed by atoms with Crippen molar-refractivity contribution in [3.8, 4) is 0 Å². The number of nitrogens with two attached hydrogens (primary N) is 1. The van der Waals surface area contributed by atoms with Gasteiger partial charge in [0.05, 0.1) is 10.6 Å². The third-order valence-corrected chi connectivity index (χ3v) is 4.56. The molecular formula is C16H21Cl2N3O2. The first-order chi connectivity index (χ1) is 10.5. The van der Waals surface area contributed by atoms with Crippen LogP contribution in [0.4, 0.5) is 5.69 Å². The number of anilines is 1. The summed E-state index contributed by atoms with van der Waals surface area (Å²) in [5, 5.41) is 6.15. The molecule has 0 heterocycles. The summed E-state index contributed by atoms with van der Waals surface area (Å²) in [4.78, 5) is 24.3. The Balaban J connectivity index is 0.00000192. The molecule has 0 saturated heterocycles. The molecule has 0 spiro atoms. The molecule has 0 aliphatic heterocycles. The first-order valence-corrected chi connectivity index (χ1v) is 8.07. The van der Waals surface area contributed by atoms with E-state index in [-0.39, 0.29) is 42.2 Å². The average molecular weight is 358 g/mol. The number of amides is 2. The van der Waals surface area contributed by atoms with Gasteiger partial charge in [-0.1, -0.05) is 11.6 Å². The van der Waals surface area contributed by atoms with E-state index in [9.17, 15) is 9.59 Å². The zero-order valence-electron chi connectivity index (χ0n) is 12.7. The van der Waals surface area contributed by atoms with Crippen LogP contribution in [0.25, 0.3) is 0 Å². The van der Waals surface area contributed by atoms with Crippen molar-refractivity contribution in [2.24, 2.45) is 11.7 Å². The topological polar surface area (TPSA) is 84.2 Å². The van der Waals surface area contributed by atoms with E-state index in [1.807, 2.05) is 0 Å². The molecule has 2 fully saturated rings. The minimum absolute atomic E-state index is 0. The largest absolute Gasteiger partial charge is 0.349 e. The Kier molecular flexibility index (Phi) is 5.89. The first kappa shape index (κ1) is 18.0. The minimum Gasteiger partial charge on any atom is -0.349 e. The zero-order valence-corrected chi connectivity index (χ0v) is 14.3. The molecule has 4 N–H and O–H groups in total. The van der Waals surface area contributed by atoms with Crippen LogP contribution in [0.5, 0.6) is 0 Å². The van der Waals surface area contributed by atoms with Gasteiger partial charge in [0.2, 0.25) is 5.91 Å². The highest BCUT2D eigenvalue weighted by atomic mass is 35.5. The van der Waals surface area contributed by atoms with Gasteiger partial charge in [-0.3, -0.25) is 9.59 Å². The van der Waals surface area contributed by atoms with Crippen LogP contribution in [0.3, 0.4) is 0 Å². The van der Waals surface area contributed by atoms with Crippen LogP contribution in [-0.4, -0.2) is 23.9 Å². The quantitative estimate of drug-likeness (QED) is 0.774.